The molecule has 0 amide bonds. The third kappa shape index (κ3) is 13500. The fraction of sp³-hybridized carbons (Fsp3) is 0.500. The van der Waals surface area contributed by atoms with Crippen LogP contribution in [0.2, 0.25) is 0 Å². The van der Waals surface area contributed by atoms with E-state index in [1.165, 1.54) is 0 Å². The first-order chi connectivity index (χ1) is 1.73. The van der Waals surface area contributed by atoms with E-state index in [0.717, 1.165) is 6.92 Å². The summed E-state index contributed by atoms with van der Waals surface area (Å²) >= 11 is 0. The van der Waals surface area contributed by atoms with E-state index in [2.05, 4.69) is 0 Å². The Labute approximate surface area is 46.8 Å². The number of hydrogen-bond donors (Lipinski definition) is 1. The number of quaternary nitrogens is 1. The molecule has 4 N–H and O–H groups in total. The van der Waals surface area contributed by atoms with Crippen molar-refractivity contribution < 1.29 is 27.0 Å². The van der Waals surface area contributed by atoms with Crippen molar-refractivity contribution in [2.45, 2.75) is 6.92 Å². The molecule has 0 unspecified atom stereocenters. The van der Waals surface area contributed by atoms with Crippen LogP contribution < -0.4 is 11.3 Å². The van der Waals surface area contributed by atoms with Crippen molar-refractivity contribution in [2.75, 3.05) is 0 Å². The smallest absolute Gasteiger partial charge is 0.550 e. The van der Waals surface area contributed by atoms with Crippen molar-refractivity contribution >= 4 is 5.97 Å². The van der Waals surface area contributed by atoms with Crippen molar-refractivity contribution in [2.24, 2.45) is 0 Å². The molecule has 0 aliphatic rings. The maximum atomic E-state index is 8.89. The molecule has 0 rings (SSSR count). The van der Waals surface area contributed by atoms with Gasteiger partial charge in [-0.15, -0.1) is 0 Å². The molecule has 1 radical (unpaired) electrons. The van der Waals surface area contributed by atoms with Crippen LogP contribution in [0, 0.1) is 0 Å². The van der Waals surface area contributed by atoms with Crippen LogP contribution >= 0.6 is 0 Å². The van der Waals surface area contributed by atoms with Gasteiger partial charge in [0.1, 0.15) is 0 Å². The van der Waals surface area contributed by atoms with Gasteiger partial charge in [0, 0.05) is 5.97 Å². The molecule has 37 valence electrons. The first-order valence-electron chi connectivity index (χ1n) is 0.908. The summed E-state index contributed by atoms with van der Waals surface area (Å²) in [5, 5.41) is 8.89. The SMILES string of the molecule is CC(=O)[O-].[Mn+2].[NH4+]. The molecule has 0 aliphatic heterocycles. The topological polar surface area (TPSA) is 76.6 Å². The van der Waals surface area contributed by atoms with Crippen molar-refractivity contribution in [3.8, 4) is 0 Å². The number of rotatable bonds is 0. The summed E-state index contributed by atoms with van der Waals surface area (Å²) in [5.74, 6) is -1.08. The zero-order valence-electron chi connectivity index (χ0n) is 3.69. The molecule has 0 bridgehead atoms. The molecule has 3 nitrogen and oxygen atoms in total. The molecule has 0 aromatic carbocycles. The first kappa shape index (κ1) is 16.8. The average Bonchev–Trinajstić information content (AvgIpc) is 0.811. The molecular formula is C2H7MnNO2+2. The fourth-order valence-corrected chi connectivity index (χ4v) is 0. The zero-order chi connectivity index (χ0) is 3.58. The minimum Gasteiger partial charge on any atom is -0.550 e. The number of hydrogen-bond acceptors (Lipinski definition) is 2. The van der Waals surface area contributed by atoms with Gasteiger partial charge in [0.15, 0.2) is 0 Å². The number of carbonyl (C=O) groups is 1. The van der Waals surface area contributed by atoms with E-state index in [1.807, 2.05) is 0 Å². The van der Waals surface area contributed by atoms with E-state index in [1.54, 1.807) is 0 Å². The molecule has 0 aromatic heterocycles. The molecule has 4 heteroatoms. The third-order valence-corrected chi connectivity index (χ3v) is 0. The van der Waals surface area contributed by atoms with E-state index >= 15 is 0 Å². The van der Waals surface area contributed by atoms with Crippen LogP contribution in [-0.4, -0.2) is 5.97 Å². The summed E-state index contributed by atoms with van der Waals surface area (Å²) in [6, 6.07) is 0. The van der Waals surface area contributed by atoms with Crippen LogP contribution in [0.3, 0.4) is 0 Å². The van der Waals surface area contributed by atoms with Gasteiger partial charge in [0.25, 0.3) is 0 Å². The Morgan fingerprint density at radius 1 is 1.67 bits per heavy atom. The largest absolute Gasteiger partial charge is 2.00 e. The van der Waals surface area contributed by atoms with E-state index in [-0.39, 0.29) is 23.2 Å². The number of carboxylic acids is 1. The van der Waals surface area contributed by atoms with Gasteiger partial charge in [-0.2, -0.15) is 0 Å². The molecule has 0 aromatic rings. The van der Waals surface area contributed by atoms with Crippen LogP contribution in [0.1, 0.15) is 6.92 Å². The fourth-order valence-electron chi connectivity index (χ4n) is 0. The average molecular weight is 132 g/mol. The van der Waals surface area contributed by atoms with E-state index < -0.39 is 5.97 Å². The summed E-state index contributed by atoms with van der Waals surface area (Å²) in [7, 11) is 0. The summed E-state index contributed by atoms with van der Waals surface area (Å²) < 4.78 is 0. The van der Waals surface area contributed by atoms with E-state index in [9.17, 15) is 0 Å². The standard InChI is InChI=1S/C2H4O2.Mn.H3N/c1-2(3)4;;/h1H3,(H,3,4);;1H3/q;+2;. The van der Waals surface area contributed by atoms with Gasteiger partial charge in [0.05, 0.1) is 0 Å². The summed E-state index contributed by atoms with van der Waals surface area (Å²) in [5.41, 5.74) is 0. The molecule has 0 saturated heterocycles. The molecule has 0 saturated carbocycles. The Bertz CT molecular complexity index is 34.5. The second-order valence-electron chi connectivity index (χ2n) is 0.492. The van der Waals surface area contributed by atoms with Gasteiger partial charge in [-0.1, -0.05) is 0 Å². The van der Waals surface area contributed by atoms with Gasteiger partial charge in [-0.3, -0.25) is 0 Å². The van der Waals surface area contributed by atoms with Crippen molar-refractivity contribution in [3.05, 3.63) is 0 Å². The zero-order valence-corrected chi connectivity index (χ0v) is 4.87. The van der Waals surface area contributed by atoms with E-state index in [0.29, 0.717) is 0 Å². The quantitative estimate of drug-likeness (QED) is 0.435. The predicted molar refractivity (Wildman–Crippen MR) is 16.7 cm³/mol. The molecule has 0 aliphatic carbocycles. The predicted octanol–water partition coefficient (Wildman–Crippen LogP) is -0.870. The molecule has 0 heterocycles. The van der Waals surface area contributed by atoms with Gasteiger partial charge in [-0.05, 0) is 6.92 Å². The van der Waals surface area contributed by atoms with Crippen molar-refractivity contribution in [1.29, 1.82) is 0 Å². The maximum Gasteiger partial charge on any atom is 2.00 e. The number of carbonyl (C=O) groups excluding carboxylic acids is 1. The monoisotopic (exact) mass is 132 g/mol. The van der Waals surface area contributed by atoms with Gasteiger partial charge in [0.2, 0.25) is 0 Å². The van der Waals surface area contributed by atoms with Crippen LogP contribution in [0.15, 0.2) is 0 Å². The number of aliphatic carboxylic acids is 1. The minimum atomic E-state index is -1.08. The first-order valence-corrected chi connectivity index (χ1v) is 0.908. The second-order valence-corrected chi connectivity index (χ2v) is 0.492. The Morgan fingerprint density at radius 2 is 1.67 bits per heavy atom. The Balaban J connectivity index is -0.0000000450. The summed E-state index contributed by atoms with van der Waals surface area (Å²) in [4.78, 5) is 8.89. The Morgan fingerprint density at radius 3 is 1.67 bits per heavy atom. The molecular weight excluding hydrogens is 125 g/mol. The van der Waals surface area contributed by atoms with Gasteiger partial charge < -0.3 is 16.1 Å². The van der Waals surface area contributed by atoms with Crippen LogP contribution in [0.25, 0.3) is 0 Å². The molecule has 6 heavy (non-hydrogen) atoms. The minimum absolute atomic E-state index is 0. The van der Waals surface area contributed by atoms with Crippen LogP contribution in [0.4, 0.5) is 0 Å². The number of carboxylic acid groups (broad SMARTS) is 1. The van der Waals surface area contributed by atoms with Gasteiger partial charge in [-0.25, -0.2) is 0 Å². The molecule has 0 spiro atoms. The second kappa shape index (κ2) is 8.87. The normalized spacial score (nSPS) is 4.17. The Hall–Kier alpha value is -0.0505. The van der Waals surface area contributed by atoms with Crippen molar-refractivity contribution in [3.63, 3.8) is 0 Å². The third-order valence-electron chi connectivity index (χ3n) is 0. The van der Waals surface area contributed by atoms with E-state index in [4.69, 9.17) is 9.90 Å². The molecule has 0 fully saturated rings. The van der Waals surface area contributed by atoms with Gasteiger partial charge >= 0.3 is 17.1 Å². The van der Waals surface area contributed by atoms with Crippen LogP contribution in [-0.2, 0) is 21.9 Å². The van der Waals surface area contributed by atoms with Crippen molar-refractivity contribution in [1.82, 2.24) is 6.15 Å². The maximum absolute atomic E-state index is 8.89. The molecule has 0 atom stereocenters. The summed E-state index contributed by atoms with van der Waals surface area (Å²) in [6.07, 6.45) is 0. The summed E-state index contributed by atoms with van der Waals surface area (Å²) in [6.45, 7) is 0.972. The van der Waals surface area contributed by atoms with Crippen LogP contribution in [0.5, 0.6) is 0 Å². The Kier molecular flexibility index (Phi) is 24.8.